The van der Waals surface area contributed by atoms with Crippen LogP contribution < -0.4 is 10.2 Å². The lowest BCUT2D eigenvalue weighted by Crippen LogP contribution is -2.31. The van der Waals surface area contributed by atoms with E-state index >= 15 is 0 Å². The van der Waals surface area contributed by atoms with E-state index in [1.54, 1.807) is 12.1 Å². The fourth-order valence-electron chi connectivity index (χ4n) is 3.88. The molecule has 5 nitrogen and oxygen atoms in total. The number of benzene rings is 3. The molecule has 0 radical (unpaired) electrons. The number of rotatable bonds is 6. The SMILES string of the molecule is CCc1ccc(N2C(=O)C(Cc3ccccc3Cl)S/C2=C(/C#N)C(=O)Nc2cccc(C)c2)cc1. The van der Waals surface area contributed by atoms with Crippen molar-refractivity contribution >= 4 is 46.6 Å². The standard InChI is InChI=1S/C28H24ClN3O2S/c1-3-19-11-13-22(14-12-19)32-27(34)25(16-20-8-4-5-10-24(20)29)35-28(32)23(17-30)26(33)31-21-9-6-7-18(2)15-21/h4-15,25H,3,16H2,1-2H3,(H,31,33)/b28-23-. The largest absolute Gasteiger partial charge is 0.321 e. The van der Waals surface area contributed by atoms with Crippen molar-refractivity contribution in [1.29, 1.82) is 5.26 Å². The van der Waals surface area contributed by atoms with E-state index in [4.69, 9.17) is 11.6 Å². The second-order valence-corrected chi connectivity index (χ2v) is 9.81. The van der Waals surface area contributed by atoms with E-state index in [1.807, 2.05) is 73.7 Å². The Balaban J connectivity index is 1.74. The average Bonchev–Trinajstić information content (AvgIpc) is 3.16. The molecule has 1 heterocycles. The topological polar surface area (TPSA) is 73.2 Å². The van der Waals surface area contributed by atoms with Gasteiger partial charge in [0.25, 0.3) is 5.91 Å². The van der Waals surface area contributed by atoms with Gasteiger partial charge in [0.1, 0.15) is 16.7 Å². The third-order valence-electron chi connectivity index (χ3n) is 5.75. The van der Waals surface area contributed by atoms with Crippen molar-refractivity contribution in [2.24, 2.45) is 0 Å². The number of anilines is 2. The lowest BCUT2D eigenvalue weighted by molar-refractivity contribution is -0.117. The zero-order valence-corrected chi connectivity index (χ0v) is 21.0. The van der Waals surface area contributed by atoms with Crippen LogP contribution in [-0.4, -0.2) is 17.1 Å². The second kappa shape index (κ2) is 10.8. The first-order valence-electron chi connectivity index (χ1n) is 11.3. The number of aryl methyl sites for hydroxylation is 2. The molecule has 0 spiro atoms. The van der Waals surface area contributed by atoms with Gasteiger partial charge < -0.3 is 5.32 Å². The monoisotopic (exact) mass is 501 g/mol. The van der Waals surface area contributed by atoms with Crippen LogP contribution >= 0.6 is 23.4 Å². The molecule has 0 aromatic heterocycles. The Morgan fingerprint density at radius 1 is 1.11 bits per heavy atom. The normalized spacial score (nSPS) is 16.7. The number of nitrogens with zero attached hydrogens (tertiary/aromatic N) is 2. The first kappa shape index (κ1) is 24.6. The molecule has 0 bridgehead atoms. The number of nitriles is 1. The molecule has 1 aliphatic heterocycles. The first-order chi connectivity index (χ1) is 16.9. The third kappa shape index (κ3) is 5.43. The highest BCUT2D eigenvalue weighted by Crippen LogP contribution is 2.42. The lowest BCUT2D eigenvalue weighted by Gasteiger charge is -2.19. The summed E-state index contributed by atoms with van der Waals surface area (Å²) in [6, 6.07) is 24.4. The minimum absolute atomic E-state index is 0.105. The summed E-state index contributed by atoms with van der Waals surface area (Å²) in [6.45, 7) is 3.98. The van der Waals surface area contributed by atoms with Crippen molar-refractivity contribution in [2.45, 2.75) is 31.9 Å². The number of nitrogens with one attached hydrogen (secondary N) is 1. The fourth-order valence-corrected chi connectivity index (χ4v) is 5.39. The number of carbonyl (C=O) groups excluding carboxylic acids is 2. The van der Waals surface area contributed by atoms with E-state index in [-0.39, 0.29) is 11.5 Å². The Hall–Kier alpha value is -3.53. The summed E-state index contributed by atoms with van der Waals surface area (Å²) < 4.78 is 0. The maximum absolute atomic E-state index is 13.6. The van der Waals surface area contributed by atoms with Crippen LogP contribution in [0.25, 0.3) is 0 Å². The summed E-state index contributed by atoms with van der Waals surface area (Å²) >= 11 is 7.58. The summed E-state index contributed by atoms with van der Waals surface area (Å²) in [5.41, 5.74) is 4.05. The summed E-state index contributed by atoms with van der Waals surface area (Å²) in [4.78, 5) is 28.3. The van der Waals surface area contributed by atoms with Gasteiger partial charge in [-0.25, -0.2) is 0 Å². The van der Waals surface area contributed by atoms with Crippen molar-refractivity contribution in [1.82, 2.24) is 0 Å². The Morgan fingerprint density at radius 3 is 2.51 bits per heavy atom. The van der Waals surface area contributed by atoms with Gasteiger partial charge >= 0.3 is 0 Å². The van der Waals surface area contributed by atoms with Gasteiger partial charge in [-0.05, 0) is 66.8 Å². The minimum Gasteiger partial charge on any atom is -0.321 e. The van der Waals surface area contributed by atoms with Gasteiger partial charge in [-0.15, -0.1) is 0 Å². The van der Waals surface area contributed by atoms with Gasteiger partial charge in [-0.3, -0.25) is 14.5 Å². The van der Waals surface area contributed by atoms with Gasteiger partial charge in [-0.2, -0.15) is 5.26 Å². The van der Waals surface area contributed by atoms with Crippen LogP contribution in [0.2, 0.25) is 5.02 Å². The second-order valence-electron chi connectivity index (χ2n) is 8.21. The summed E-state index contributed by atoms with van der Waals surface area (Å²) in [6.07, 6.45) is 1.25. The number of amides is 2. The molecule has 4 rings (SSSR count). The van der Waals surface area contributed by atoms with Gasteiger partial charge in [0.2, 0.25) is 5.91 Å². The van der Waals surface area contributed by atoms with Crippen LogP contribution in [0.1, 0.15) is 23.6 Å². The van der Waals surface area contributed by atoms with E-state index in [1.165, 1.54) is 16.7 Å². The average molecular weight is 502 g/mol. The van der Waals surface area contributed by atoms with Crippen LogP contribution in [0.3, 0.4) is 0 Å². The first-order valence-corrected chi connectivity index (χ1v) is 12.5. The zero-order chi connectivity index (χ0) is 24.9. The molecule has 7 heteroatoms. The third-order valence-corrected chi connectivity index (χ3v) is 7.38. The molecule has 35 heavy (non-hydrogen) atoms. The minimum atomic E-state index is -0.554. The molecule has 2 amide bonds. The number of thioether (sulfide) groups is 1. The fraction of sp³-hybridized carbons (Fsp3) is 0.179. The molecule has 1 atom stereocenters. The van der Waals surface area contributed by atoms with Crippen molar-refractivity contribution < 1.29 is 9.59 Å². The van der Waals surface area contributed by atoms with E-state index in [2.05, 4.69) is 12.2 Å². The van der Waals surface area contributed by atoms with Gasteiger partial charge in [0.05, 0.1) is 5.25 Å². The summed E-state index contributed by atoms with van der Waals surface area (Å²) in [5.74, 6) is -0.743. The number of hydrogen-bond donors (Lipinski definition) is 1. The molecule has 3 aromatic rings. The Morgan fingerprint density at radius 2 is 1.86 bits per heavy atom. The van der Waals surface area contributed by atoms with E-state index in [0.29, 0.717) is 27.8 Å². The predicted octanol–water partition coefficient (Wildman–Crippen LogP) is 6.28. The van der Waals surface area contributed by atoms with Crippen LogP contribution in [0, 0.1) is 18.3 Å². The highest BCUT2D eigenvalue weighted by molar-refractivity contribution is 8.05. The van der Waals surface area contributed by atoms with Crippen molar-refractivity contribution in [3.63, 3.8) is 0 Å². The van der Waals surface area contributed by atoms with Crippen molar-refractivity contribution in [3.05, 3.63) is 105 Å². The Labute approximate surface area is 214 Å². The molecule has 1 fully saturated rings. The predicted molar refractivity (Wildman–Crippen MR) is 142 cm³/mol. The molecule has 0 aliphatic carbocycles. The highest BCUT2D eigenvalue weighted by Gasteiger charge is 2.41. The quantitative estimate of drug-likeness (QED) is 0.319. The number of hydrogen-bond acceptors (Lipinski definition) is 4. The Bertz CT molecular complexity index is 1340. The van der Waals surface area contributed by atoms with E-state index in [9.17, 15) is 14.9 Å². The van der Waals surface area contributed by atoms with Crippen LogP contribution in [-0.2, 0) is 22.4 Å². The molecule has 0 saturated carbocycles. The van der Waals surface area contributed by atoms with Crippen molar-refractivity contribution in [3.8, 4) is 6.07 Å². The maximum atomic E-state index is 13.6. The number of halogens is 1. The van der Waals surface area contributed by atoms with E-state index < -0.39 is 11.2 Å². The lowest BCUT2D eigenvalue weighted by atomic mass is 10.1. The smallest absolute Gasteiger partial charge is 0.269 e. The summed E-state index contributed by atoms with van der Waals surface area (Å²) in [5, 5.41) is 13.2. The zero-order valence-electron chi connectivity index (χ0n) is 19.4. The Kier molecular flexibility index (Phi) is 7.60. The molecule has 1 unspecified atom stereocenters. The van der Waals surface area contributed by atoms with Gasteiger partial charge in [-0.1, -0.05) is 72.8 Å². The molecular formula is C28H24ClN3O2S. The highest BCUT2D eigenvalue weighted by atomic mass is 35.5. The van der Waals surface area contributed by atoms with Crippen LogP contribution in [0.4, 0.5) is 11.4 Å². The van der Waals surface area contributed by atoms with E-state index in [0.717, 1.165) is 23.1 Å². The molecule has 3 aromatic carbocycles. The van der Waals surface area contributed by atoms with Crippen molar-refractivity contribution in [2.75, 3.05) is 10.2 Å². The van der Waals surface area contributed by atoms with Gasteiger partial charge in [0, 0.05) is 16.4 Å². The van der Waals surface area contributed by atoms with Gasteiger partial charge in [0.15, 0.2) is 0 Å². The molecule has 1 N–H and O–H groups in total. The molecule has 1 saturated heterocycles. The molecular weight excluding hydrogens is 478 g/mol. The van der Waals surface area contributed by atoms with Crippen LogP contribution in [0.15, 0.2) is 83.4 Å². The summed E-state index contributed by atoms with van der Waals surface area (Å²) in [7, 11) is 0. The number of carbonyl (C=O) groups is 2. The molecule has 176 valence electrons. The molecule has 1 aliphatic rings. The maximum Gasteiger partial charge on any atom is 0.269 e. The van der Waals surface area contributed by atoms with Crippen LogP contribution in [0.5, 0.6) is 0 Å².